The molecule has 1 saturated carbocycles. The van der Waals surface area contributed by atoms with Crippen LogP contribution >= 0.6 is 0 Å². The molecule has 0 unspecified atom stereocenters. The summed E-state index contributed by atoms with van der Waals surface area (Å²) in [5.41, 5.74) is 6.01. The van der Waals surface area contributed by atoms with Crippen LogP contribution in [0.25, 0.3) is 0 Å². The number of amides is 1. The van der Waals surface area contributed by atoms with Gasteiger partial charge in [0.15, 0.2) is 0 Å². The first kappa shape index (κ1) is 14.9. The number of aromatic nitrogens is 1. The van der Waals surface area contributed by atoms with Crippen molar-refractivity contribution in [3.8, 4) is 0 Å². The van der Waals surface area contributed by atoms with Gasteiger partial charge in [0.2, 0.25) is 15.9 Å². The van der Waals surface area contributed by atoms with Crippen molar-refractivity contribution in [3.05, 3.63) is 24.0 Å². The van der Waals surface area contributed by atoms with Crippen molar-refractivity contribution in [2.75, 3.05) is 6.54 Å². The van der Waals surface area contributed by atoms with E-state index in [9.17, 15) is 13.2 Å². The van der Waals surface area contributed by atoms with Gasteiger partial charge in [0, 0.05) is 31.7 Å². The Morgan fingerprint density at radius 3 is 2.70 bits per heavy atom. The van der Waals surface area contributed by atoms with Gasteiger partial charge in [0.1, 0.15) is 4.90 Å². The van der Waals surface area contributed by atoms with Crippen molar-refractivity contribution in [2.24, 2.45) is 5.73 Å². The smallest absolute Gasteiger partial charge is 0.242 e. The number of carbonyl (C=O) groups excluding carboxylic acids is 1. The number of nitrogens with two attached hydrogens (primary N) is 1. The summed E-state index contributed by atoms with van der Waals surface area (Å²) in [4.78, 5) is 15.4. The molecule has 4 N–H and O–H groups in total. The SMILES string of the molecule is NCc1ccc(S(=O)(=O)NCCC(=O)NC2CC2)cn1. The first-order valence-electron chi connectivity index (χ1n) is 6.45. The van der Waals surface area contributed by atoms with Crippen molar-refractivity contribution in [2.45, 2.75) is 36.7 Å². The summed E-state index contributed by atoms with van der Waals surface area (Å²) < 4.78 is 26.2. The van der Waals surface area contributed by atoms with E-state index in [1.54, 1.807) is 6.07 Å². The van der Waals surface area contributed by atoms with Crippen LogP contribution in [0.5, 0.6) is 0 Å². The average molecular weight is 298 g/mol. The van der Waals surface area contributed by atoms with Gasteiger partial charge < -0.3 is 11.1 Å². The summed E-state index contributed by atoms with van der Waals surface area (Å²) in [5.74, 6) is -0.133. The Kier molecular flexibility index (Phi) is 4.69. The third-order valence-corrected chi connectivity index (χ3v) is 4.35. The van der Waals surface area contributed by atoms with Crippen LogP contribution in [0, 0.1) is 0 Å². The molecular formula is C12H18N4O3S. The predicted molar refractivity (Wildman–Crippen MR) is 73.1 cm³/mol. The van der Waals surface area contributed by atoms with E-state index >= 15 is 0 Å². The third kappa shape index (κ3) is 4.26. The Balaban J connectivity index is 1.84. The highest BCUT2D eigenvalue weighted by Crippen LogP contribution is 2.18. The molecule has 0 saturated heterocycles. The van der Waals surface area contributed by atoms with Crippen LogP contribution in [0.15, 0.2) is 23.2 Å². The molecule has 7 nitrogen and oxygen atoms in total. The Hall–Kier alpha value is -1.51. The zero-order valence-electron chi connectivity index (χ0n) is 11.0. The minimum atomic E-state index is -3.63. The van der Waals surface area contributed by atoms with Crippen LogP contribution < -0.4 is 15.8 Å². The number of pyridine rings is 1. The molecule has 0 bridgehead atoms. The van der Waals surface area contributed by atoms with Crippen molar-refractivity contribution >= 4 is 15.9 Å². The van der Waals surface area contributed by atoms with Gasteiger partial charge in [-0.25, -0.2) is 13.1 Å². The zero-order valence-corrected chi connectivity index (χ0v) is 11.8. The molecule has 0 radical (unpaired) electrons. The van der Waals surface area contributed by atoms with Gasteiger partial charge in [0.25, 0.3) is 0 Å². The largest absolute Gasteiger partial charge is 0.353 e. The lowest BCUT2D eigenvalue weighted by molar-refractivity contribution is -0.121. The van der Waals surface area contributed by atoms with E-state index in [1.165, 1.54) is 12.3 Å². The maximum absolute atomic E-state index is 11.9. The summed E-state index contributed by atoms with van der Waals surface area (Å²) in [6, 6.07) is 3.29. The maximum Gasteiger partial charge on any atom is 0.242 e. The molecule has 1 aliphatic rings. The Morgan fingerprint density at radius 1 is 1.40 bits per heavy atom. The van der Waals surface area contributed by atoms with Crippen LogP contribution in [0.4, 0.5) is 0 Å². The van der Waals surface area contributed by atoms with Crippen molar-refractivity contribution < 1.29 is 13.2 Å². The number of nitrogens with zero attached hydrogens (tertiary/aromatic N) is 1. The lowest BCUT2D eigenvalue weighted by Gasteiger charge is -2.07. The topological polar surface area (TPSA) is 114 Å². The van der Waals surface area contributed by atoms with E-state index in [2.05, 4.69) is 15.0 Å². The molecule has 1 aliphatic carbocycles. The summed E-state index contributed by atoms with van der Waals surface area (Å²) in [7, 11) is -3.63. The van der Waals surface area contributed by atoms with Gasteiger partial charge >= 0.3 is 0 Å². The fourth-order valence-corrected chi connectivity index (χ4v) is 2.58. The molecule has 0 aromatic carbocycles. The van der Waals surface area contributed by atoms with Crippen molar-refractivity contribution in [1.82, 2.24) is 15.0 Å². The third-order valence-electron chi connectivity index (χ3n) is 2.90. The molecule has 0 aliphatic heterocycles. The molecular weight excluding hydrogens is 280 g/mol. The summed E-state index contributed by atoms with van der Waals surface area (Å²) in [6.45, 7) is 0.328. The highest BCUT2D eigenvalue weighted by Gasteiger charge is 2.23. The summed E-state index contributed by atoms with van der Waals surface area (Å²) in [6.07, 6.45) is 3.41. The molecule has 1 heterocycles. The standard InChI is InChI=1S/C12H18N4O3S/c13-7-10-3-4-11(8-14-10)20(18,19)15-6-5-12(17)16-9-1-2-9/h3-4,8-9,15H,1-2,5-7,13H2,(H,16,17). The lowest BCUT2D eigenvalue weighted by atomic mass is 10.4. The molecule has 1 aromatic heterocycles. The minimum absolute atomic E-state index is 0.0669. The highest BCUT2D eigenvalue weighted by atomic mass is 32.2. The molecule has 20 heavy (non-hydrogen) atoms. The van der Waals surface area contributed by atoms with Crippen LogP contribution in [-0.4, -0.2) is 31.9 Å². The van der Waals surface area contributed by atoms with Gasteiger partial charge in [-0.15, -0.1) is 0 Å². The predicted octanol–water partition coefficient (Wildman–Crippen LogP) is -0.513. The normalized spacial score (nSPS) is 15.1. The fraction of sp³-hybridized carbons (Fsp3) is 0.500. The molecule has 1 aromatic rings. The average Bonchev–Trinajstić information content (AvgIpc) is 3.22. The van der Waals surface area contributed by atoms with Crippen molar-refractivity contribution in [1.29, 1.82) is 0 Å². The summed E-state index contributed by atoms with van der Waals surface area (Å²) >= 11 is 0. The van der Waals surface area contributed by atoms with Gasteiger partial charge in [-0.05, 0) is 25.0 Å². The molecule has 8 heteroatoms. The molecule has 0 spiro atoms. The second-order valence-corrected chi connectivity index (χ2v) is 6.45. The van der Waals surface area contributed by atoms with Crippen LogP contribution in [0.2, 0.25) is 0 Å². The summed E-state index contributed by atoms with van der Waals surface area (Å²) in [5, 5.41) is 2.79. The maximum atomic E-state index is 11.9. The monoisotopic (exact) mass is 298 g/mol. The molecule has 2 rings (SSSR count). The van der Waals surface area contributed by atoms with E-state index in [0.717, 1.165) is 12.8 Å². The number of hydrogen-bond donors (Lipinski definition) is 3. The Morgan fingerprint density at radius 2 is 2.15 bits per heavy atom. The van der Waals surface area contributed by atoms with Crippen LogP contribution in [0.3, 0.4) is 0 Å². The number of carbonyl (C=O) groups is 1. The van der Waals surface area contributed by atoms with E-state index in [0.29, 0.717) is 5.69 Å². The van der Waals surface area contributed by atoms with Crippen molar-refractivity contribution in [3.63, 3.8) is 0 Å². The van der Waals surface area contributed by atoms with Gasteiger partial charge in [0.05, 0.1) is 5.69 Å². The van der Waals surface area contributed by atoms with E-state index in [1.807, 2.05) is 0 Å². The Labute approximate surface area is 118 Å². The molecule has 1 amide bonds. The molecule has 0 atom stereocenters. The lowest BCUT2D eigenvalue weighted by Crippen LogP contribution is -2.31. The zero-order chi connectivity index (χ0) is 14.6. The van der Waals surface area contributed by atoms with E-state index in [-0.39, 0.29) is 36.4 Å². The highest BCUT2D eigenvalue weighted by molar-refractivity contribution is 7.89. The quantitative estimate of drug-likeness (QED) is 0.627. The number of hydrogen-bond acceptors (Lipinski definition) is 5. The van der Waals surface area contributed by atoms with Crippen LogP contribution in [-0.2, 0) is 21.4 Å². The van der Waals surface area contributed by atoms with Gasteiger partial charge in [-0.2, -0.15) is 0 Å². The van der Waals surface area contributed by atoms with Crippen LogP contribution in [0.1, 0.15) is 25.0 Å². The van der Waals surface area contributed by atoms with E-state index in [4.69, 9.17) is 5.73 Å². The first-order chi connectivity index (χ1) is 9.51. The first-order valence-corrected chi connectivity index (χ1v) is 7.93. The molecule has 110 valence electrons. The number of sulfonamides is 1. The Bertz CT molecular complexity index is 567. The second kappa shape index (κ2) is 6.29. The number of nitrogens with one attached hydrogen (secondary N) is 2. The number of rotatable bonds is 7. The fourth-order valence-electron chi connectivity index (χ4n) is 1.60. The van der Waals surface area contributed by atoms with Gasteiger partial charge in [-0.1, -0.05) is 0 Å². The van der Waals surface area contributed by atoms with E-state index < -0.39 is 10.0 Å². The van der Waals surface area contributed by atoms with Gasteiger partial charge in [-0.3, -0.25) is 9.78 Å². The molecule has 1 fully saturated rings. The second-order valence-electron chi connectivity index (χ2n) is 4.68. The minimum Gasteiger partial charge on any atom is -0.353 e.